The van der Waals surface area contributed by atoms with Crippen LogP contribution in [-0.4, -0.2) is 40.7 Å². The Morgan fingerprint density at radius 2 is 1.53 bits per heavy atom. The average Bonchev–Trinajstić information content (AvgIpc) is 3.93. The van der Waals surface area contributed by atoms with Gasteiger partial charge in [-0.3, -0.25) is 19.3 Å². The molecule has 1 heterocycles. The van der Waals surface area contributed by atoms with Crippen LogP contribution in [0, 0.1) is 0 Å². The molecule has 2 aliphatic carbocycles. The second-order valence-electron chi connectivity index (χ2n) is 12.9. The second-order valence-corrected chi connectivity index (χ2v) is 12.9. The van der Waals surface area contributed by atoms with E-state index in [0.29, 0.717) is 11.3 Å². The molecular formula is C41H40N4O4. The monoisotopic (exact) mass is 652 g/mol. The van der Waals surface area contributed by atoms with Crippen molar-refractivity contribution in [2.24, 2.45) is 0 Å². The predicted molar refractivity (Wildman–Crippen MR) is 190 cm³/mol. The molecule has 49 heavy (non-hydrogen) atoms. The molecule has 0 spiro atoms. The highest BCUT2D eigenvalue weighted by atomic mass is 16.5. The van der Waals surface area contributed by atoms with Crippen molar-refractivity contribution in [2.75, 3.05) is 12.0 Å². The molecule has 8 heteroatoms. The maximum Gasteiger partial charge on any atom is 0.309 e. The number of methoxy groups -OCH3 is 1. The van der Waals surface area contributed by atoms with Crippen LogP contribution in [0.1, 0.15) is 70.9 Å². The number of aromatic nitrogens is 2. The number of carbonyl (C=O) groups excluding carboxylic acids is 3. The Labute approximate surface area is 286 Å². The second kappa shape index (κ2) is 14.3. The number of anilines is 1. The Hall–Kier alpha value is -5.50. The van der Waals surface area contributed by atoms with Crippen molar-refractivity contribution in [1.29, 1.82) is 0 Å². The van der Waals surface area contributed by atoms with Crippen LogP contribution in [0.25, 0.3) is 16.9 Å². The Morgan fingerprint density at radius 1 is 0.837 bits per heavy atom. The number of nitrogens with one attached hydrogen (secondary N) is 1. The quantitative estimate of drug-likeness (QED) is 0.161. The van der Waals surface area contributed by atoms with Crippen LogP contribution < -0.4 is 10.2 Å². The first kappa shape index (κ1) is 32.1. The molecule has 1 unspecified atom stereocenters. The smallest absolute Gasteiger partial charge is 0.309 e. The molecule has 4 aromatic carbocycles. The number of esters is 1. The van der Waals surface area contributed by atoms with Gasteiger partial charge in [0.25, 0.3) is 5.91 Å². The number of fused-ring (bicyclic) bond motifs is 1. The van der Waals surface area contributed by atoms with Crippen molar-refractivity contribution >= 4 is 23.5 Å². The number of amides is 2. The summed E-state index contributed by atoms with van der Waals surface area (Å²) in [6, 6.07) is 33.9. The van der Waals surface area contributed by atoms with Crippen molar-refractivity contribution in [3.8, 4) is 16.9 Å². The molecule has 0 saturated heterocycles. The van der Waals surface area contributed by atoms with E-state index < -0.39 is 6.04 Å². The predicted octanol–water partition coefficient (Wildman–Crippen LogP) is 7.19. The highest BCUT2D eigenvalue weighted by Gasteiger charge is 2.37. The van der Waals surface area contributed by atoms with Crippen LogP contribution >= 0.6 is 0 Å². The summed E-state index contributed by atoms with van der Waals surface area (Å²) in [5.41, 5.74) is 7.24. The summed E-state index contributed by atoms with van der Waals surface area (Å²) in [5.74, 6) is -0.969. The lowest BCUT2D eigenvalue weighted by molar-refractivity contribution is -0.139. The van der Waals surface area contributed by atoms with E-state index in [9.17, 15) is 9.59 Å². The van der Waals surface area contributed by atoms with Crippen molar-refractivity contribution in [3.63, 3.8) is 0 Å². The first-order valence-corrected chi connectivity index (χ1v) is 17.1. The molecule has 0 radical (unpaired) electrons. The number of hydrogen-bond donors (Lipinski definition) is 1. The van der Waals surface area contributed by atoms with Gasteiger partial charge in [0.1, 0.15) is 6.04 Å². The Kier molecular flexibility index (Phi) is 9.37. The standard InChI is InChI=1S/C41H40N4O4/c1-49-38(46)25-28-19-21-31(22-20-28)39(40(47)42-33-15-8-9-16-33)44(35-24-23-29-13-10-14-32(29)26-35)41(48)36-27-37(30-11-4-2-5-12-30)45(43-36)34-17-6-3-7-18-34/h2-7,11-12,17-24,26-27,33,39H,8-10,13-16,25H2,1H3,(H,42,47). The van der Waals surface area contributed by atoms with Gasteiger partial charge in [-0.15, -0.1) is 0 Å². The van der Waals surface area contributed by atoms with E-state index in [-0.39, 0.29) is 35.9 Å². The molecule has 8 nitrogen and oxygen atoms in total. The summed E-state index contributed by atoms with van der Waals surface area (Å²) in [5, 5.41) is 8.19. The van der Waals surface area contributed by atoms with Gasteiger partial charge in [0.15, 0.2) is 5.69 Å². The molecule has 0 aliphatic heterocycles. The fraction of sp³-hybridized carbons (Fsp3) is 0.268. The maximum atomic E-state index is 15.1. The third kappa shape index (κ3) is 6.90. The highest BCUT2D eigenvalue weighted by Crippen LogP contribution is 2.35. The number of benzene rings is 4. The van der Waals surface area contributed by atoms with Gasteiger partial charge in [-0.05, 0) is 84.7 Å². The van der Waals surface area contributed by atoms with Gasteiger partial charge in [-0.25, -0.2) is 4.68 Å². The van der Waals surface area contributed by atoms with E-state index in [1.165, 1.54) is 18.2 Å². The van der Waals surface area contributed by atoms with Crippen LogP contribution in [0.5, 0.6) is 0 Å². The number of para-hydroxylation sites is 1. The third-order valence-electron chi connectivity index (χ3n) is 9.66. The Balaban J connectivity index is 1.36. The third-order valence-corrected chi connectivity index (χ3v) is 9.66. The van der Waals surface area contributed by atoms with Crippen molar-refractivity contribution in [1.82, 2.24) is 15.1 Å². The van der Waals surface area contributed by atoms with Crippen LogP contribution in [-0.2, 0) is 33.6 Å². The summed E-state index contributed by atoms with van der Waals surface area (Å²) < 4.78 is 6.66. The molecule has 1 saturated carbocycles. The van der Waals surface area contributed by atoms with Crippen molar-refractivity contribution < 1.29 is 19.1 Å². The van der Waals surface area contributed by atoms with Gasteiger partial charge in [-0.1, -0.05) is 91.7 Å². The fourth-order valence-electron chi connectivity index (χ4n) is 7.11. The topological polar surface area (TPSA) is 93.5 Å². The molecule has 5 aromatic rings. The molecule has 7 rings (SSSR count). The highest BCUT2D eigenvalue weighted by molar-refractivity contribution is 6.09. The van der Waals surface area contributed by atoms with Gasteiger partial charge in [0.05, 0.1) is 24.9 Å². The number of hydrogen-bond acceptors (Lipinski definition) is 5. The summed E-state index contributed by atoms with van der Waals surface area (Å²) in [4.78, 5) is 43.2. The minimum Gasteiger partial charge on any atom is -0.469 e. The van der Waals surface area contributed by atoms with Gasteiger partial charge >= 0.3 is 5.97 Å². The zero-order valence-corrected chi connectivity index (χ0v) is 27.7. The SMILES string of the molecule is COC(=O)Cc1ccc(C(C(=O)NC2CCCC2)N(C(=O)c2cc(-c3ccccc3)n(-c3ccccc3)n2)c2ccc3c(c2)CCC3)cc1. The number of carbonyl (C=O) groups is 3. The number of aryl methyl sites for hydroxylation is 2. The molecule has 1 atom stereocenters. The van der Waals surface area contributed by atoms with Crippen LogP contribution in [0.3, 0.4) is 0 Å². The van der Waals surface area contributed by atoms with Crippen molar-refractivity contribution in [3.05, 3.63) is 137 Å². The summed E-state index contributed by atoms with van der Waals surface area (Å²) in [6.45, 7) is 0. The zero-order chi connectivity index (χ0) is 33.7. The summed E-state index contributed by atoms with van der Waals surface area (Å²) >= 11 is 0. The molecule has 0 bridgehead atoms. The van der Waals surface area contributed by atoms with Gasteiger partial charge < -0.3 is 10.1 Å². The lowest BCUT2D eigenvalue weighted by Gasteiger charge is -2.32. The molecule has 1 aromatic heterocycles. The van der Waals surface area contributed by atoms with Gasteiger partial charge in [-0.2, -0.15) is 5.10 Å². The Bertz CT molecular complexity index is 1890. The van der Waals surface area contributed by atoms with Gasteiger partial charge in [0.2, 0.25) is 5.91 Å². The Morgan fingerprint density at radius 3 is 2.24 bits per heavy atom. The normalized spacial score (nSPS) is 14.6. The van der Waals surface area contributed by atoms with E-state index >= 15 is 4.79 Å². The summed E-state index contributed by atoms with van der Waals surface area (Å²) in [6.07, 6.45) is 7.03. The molecule has 248 valence electrons. The minimum atomic E-state index is -0.984. The fourth-order valence-corrected chi connectivity index (χ4v) is 7.11. The van der Waals surface area contributed by atoms with E-state index in [0.717, 1.165) is 67.5 Å². The lowest BCUT2D eigenvalue weighted by atomic mass is 9.98. The molecular weight excluding hydrogens is 612 g/mol. The number of rotatable bonds is 10. The molecule has 2 aliphatic rings. The lowest BCUT2D eigenvalue weighted by Crippen LogP contribution is -2.46. The van der Waals surface area contributed by atoms with E-state index in [1.807, 2.05) is 97.1 Å². The van der Waals surface area contributed by atoms with E-state index in [2.05, 4.69) is 17.4 Å². The first-order valence-electron chi connectivity index (χ1n) is 17.1. The zero-order valence-electron chi connectivity index (χ0n) is 27.7. The number of nitrogens with zero attached hydrogens (tertiary/aromatic N) is 3. The van der Waals surface area contributed by atoms with Crippen LogP contribution in [0.2, 0.25) is 0 Å². The first-order chi connectivity index (χ1) is 24.0. The molecule has 1 fully saturated rings. The van der Waals surface area contributed by atoms with Crippen molar-refractivity contribution in [2.45, 2.75) is 63.5 Å². The average molecular weight is 653 g/mol. The maximum absolute atomic E-state index is 15.1. The van der Waals surface area contributed by atoms with Gasteiger partial charge in [0, 0.05) is 17.3 Å². The van der Waals surface area contributed by atoms with E-state index in [1.54, 1.807) is 9.58 Å². The van der Waals surface area contributed by atoms with E-state index in [4.69, 9.17) is 9.84 Å². The summed E-state index contributed by atoms with van der Waals surface area (Å²) in [7, 11) is 1.36. The van der Waals surface area contributed by atoms with Crippen LogP contribution in [0.15, 0.2) is 109 Å². The van der Waals surface area contributed by atoms with Crippen LogP contribution in [0.4, 0.5) is 5.69 Å². The largest absolute Gasteiger partial charge is 0.469 e. The number of ether oxygens (including phenoxy) is 1. The minimum absolute atomic E-state index is 0.0487. The molecule has 2 amide bonds. The molecule has 1 N–H and O–H groups in total.